The monoisotopic (exact) mass is 377 g/mol. The highest BCUT2D eigenvalue weighted by molar-refractivity contribution is 5.96. The average Bonchev–Trinajstić information content (AvgIpc) is 3.05. The Morgan fingerprint density at radius 3 is 2.54 bits per heavy atom. The summed E-state index contributed by atoms with van der Waals surface area (Å²) in [5, 5.41) is 0. The maximum absolute atomic E-state index is 12.4. The molecule has 5 heteroatoms. The first kappa shape index (κ1) is 18.7. The van der Waals surface area contributed by atoms with E-state index in [1.807, 2.05) is 60.0 Å². The Labute approximate surface area is 165 Å². The van der Waals surface area contributed by atoms with Crippen molar-refractivity contribution in [1.29, 1.82) is 0 Å². The third-order valence-electron chi connectivity index (χ3n) is 5.80. The van der Waals surface area contributed by atoms with Crippen LogP contribution >= 0.6 is 0 Å². The number of para-hydroxylation sites is 2. The van der Waals surface area contributed by atoms with Crippen molar-refractivity contribution in [2.45, 2.75) is 38.6 Å². The topological polar surface area (TPSA) is 58.1 Å². The molecule has 0 unspecified atom stereocenters. The Morgan fingerprint density at radius 2 is 1.79 bits per heavy atom. The number of nitrogens with zero attached hydrogens (tertiary/aromatic N) is 2. The molecule has 1 aromatic heterocycles. The van der Waals surface area contributed by atoms with Crippen molar-refractivity contribution in [3.63, 3.8) is 0 Å². The Bertz CT molecular complexity index is 1010. The SMILES string of the molecule is Cc1ccc(C(=O)CCCN2CCC(n3c(=O)[nH]c4ccccc43)CC2)cc1. The number of carbonyl (C=O) groups excluding carboxylic acids is 1. The summed E-state index contributed by atoms with van der Waals surface area (Å²) in [4.78, 5) is 30.1. The van der Waals surface area contributed by atoms with Gasteiger partial charge in [0.25, 0.3) is 0 Å². The molecular formula is C23H27N3O2. The number of carbonyl (C=O) groups is 1. The van der Waals surface area contributed by atoms with Gasteiger partial charge in [0.15, 0.2) is 5.78 Å². The van der Waals surface area contributed by atoms with Gasteiger partial charge in [-0.25, -0.2) is 4.79 Å². The van der Waals surface area contributed by atoms with E-state index in [1.54, 1.807) is 0 Å². The maximum atomic E-state index is 12.4. The van der Waals surface area contributed by atoms with Gasteiger partial charge in [0, 0.05) is 31.1 Å². The summed E-state index contributed by atoms with van der Waals surface area (Å²) < 4.78 is 1.92. The van der Waals surface area contributed by atoms with Gasteiger partial charge >= 0.3 is 5.69 Å². The van der Waals surface area contributed by atoms with Gasteiger partial charge in [0.05, 0.1) is 11.0 Å². The number of aromatic nitrogens is 2. The lowest BCUT2D eigenvalue weighted by Crippen LogP contribution is -2.37. The molecule has 28 heavy (non-hydrogen) atoms. The Kier molecular flexibility index (Phi) is 5.44. The number of rotatable bonds is 6. The molecule has 146 valence electrons. The molecule has 0 saturated carbocycles. The molecule has 0 spiro atoms. The summed E-state index contributed by atoms with van der Waals surface area (Å²) >= 11 is 0. The van der Waals surface area contributed by atoms with E-state index in [0.717, 1.165) is 55.5 Å². The van der Waals surface area contributed by atoms with Gasteiger partial charge in [-0.3, -0.25) is 9.36 Å². The third-order valence-corrected chi connectivity index (χ3v) is 5.80. The largest absolute Gasteiger partial charge is 0.326 e. The highest BCUT2D eigenvalue weighted by atomic mass is 16.1. The molecule has 1 aliphatic rings. The molecule has 0 atom stereocenters. The molecule has 5 nitrogen and oxygen atoms in total. The van der Waals surface area contributed by atoms with E-state index < -0.39 is 0 Å². The van der Waals surface area contributed by atoms with Gasteiger partial charge in [-0.05, 0) is 44.9 Å². The van der Waals surface area contributed by atoms with Crippen LogP contribution in [0, 0.1) is 6.92 Å². The molecule has 1 N–H and O–H groups in total. The zero-order valence-corrected chi connectivity index (χ0v) is 16.4. The predicted octanol–water partition coefficient (Wildman–Crippen LogP) is 3.94. The number of ketones is 1. The fraction of sp³-hybridized carbons (Fsp3) is 0.391. The second-order valence-electron chi connectivity index (χ2n) is 7.78. The van der Waals surface area contributed by atoms with Crippen LogP contribution in [-0.2, 0) is 0 Å². The van der Waals surface area contributed by atoms with Crippen molar-refractivity contribution in [1.82, 2.24) is 14.5 Å². The molecule has 0 aliphatic carbocycles. The molecule has 2 aromatic carbocycles. The number of piperidine rings is 1. The van der Waals surface area contributed by atoms with Crippen LogP contribution in [0.25, 0.3) is 11.0 Å². The van der Waals surface area contributed by atoms with Crippen molar-refractivity contribution in [2.24, 2.45) is 0 Å². The van der Waals surface area contributed by atoms with Gasteiger partial charge < -0.3 is 9.88 Å². The molecule has 2 heterocycles. The van der Waals surface area contributed by atoms with E-state index in [4.69, 9.17) is 0 Å². The van der Waals surface area contributed by atoms with Crippen LogP contribution in [0.3, 0.4) is 0 Å². The van der Waals surface area contributed by atoms with Crippen LogP contribution < -0.4 is 5.69 Å². The van der Waals surface area contributed by atoms with Gasteiger partial charge in [0.2, 0.25) is 0 Å². The lowest BCUT2D eigenvalue weighted by molar-refractivity contribution is 0.0970. The Balaban J connectivity index is 1.28. The molecule has 3 aromatic rings. The summed E-state index contributed by atoms with van der Waals surface area (Å²) in [7, 11) is 0. The van der Waals surface area contributed by atoms with E-state index in [0.29, 0.717) is 6.42 Å². The summed E-state index contributed by atoms with van der Waals surface area (Å²) in [6.07, 6.45) is 3.40. The predicted molar refractivity (Wildman–Crippen MR) is 112 cm³/mol. The fourth-order valence-corrected chi connectivity index (χ4v) is 4.18. The van der Waals surface area contributed by atoms with E-state index in [9.17, 15) is 9.59 Å². The van der Waals surface area contributed by atoms with Gasteiger partial charge in [-0.1, -0.05) is 42.0 Å². The number of H-pyrrole nitrogens is 1. The molecule has 1 aliphatic heterocycles. The van der Waals surface area contributed by atoms with Crippen molar-refractivity contribution in [3.8, 4) is 0 Å². The van der Waals surface area contributed by atoms with Crippen LogP contribution in [0.2, 0.25) is 0 Å². The minimum atomic E-state index is -0.0108. The zero-order valence-electron chi connectivity index (χ0n) is 16.4. The molecular weight excluding hydrogens is 350 g/mol. The number of benzene rings is 2. The summed E-state index contributed by atoms with van der Waals surface area (Å²) in [6, 6.07) is 16.0. The zero-order chi connectivity index (χ0) is 19.5. The first-order chi connectivity index (χ1) is 13.6. The van der Waals surface area contributed by atoms with Gasteiger partial charge in [-0.2, -0.15) is 0 Å². The lowest BCUT2D eigenvalue weighted by atomic mass is 10.0. The standard InChI is InChI=1S/C23H27N3O2/c1-17-8-10-18(11-9-17)22(27)7-4-14-25-15-12-19(13-16-25)26-21-6-3-2-5-20(21)24-23(26)28/h2-3,5-6,8-11,19H,4,7,12-16H2,1H3,(H,24,28). The molecule has 1 fully saturated rings. The second kappa shape index (κ2) is 8.15. The van der Waals surface area contributed by atoms with E-state index in [2.05, 4.69) is 9.88 Å². The number of imidazole rings is 1. The number of fused-ring (bicyclic) bond motifs is 1. The smallest absolute Gasteiger partial charge is 0.306 e. The van der Waals surface area contributed by atoms with Crippen LogP contribution in [0.4, 0.5) is 0 Å². The Hall–Kier alpha value is -2.66. The van der Waals surface area contributed by atoms with Crippen molar-refractivity contribution >= 4 is 16.8 Å². The van der Waals surface area contributed by atoms with Crippen LogP contribution in [0.15, 0.2) is 53.3 Å². The van der Waals surface area contributed by atoms with Gasteiger partial charge in [-0.15, -0.1) is 0 Å². The lowest BCUT2D eigenvalue weighted by Gasteiger charge is -2.32. The number of hydrogen-bond acceptors (Lipinski definition) is 3. The highest BCUT2D eigenvalue weighted by Gasteiger charge is 2.23. The van der Waals surface area contributed by atoms with Crippen molar-refractivity contribution in [3.05, 3.63) is 70.1 Å². The second-order valence-corrected chi connectivity index (χ2v) is 7.78. The molecule has 0 radical (unpaired) electrons. The normalized spacial score (nSPS) is 15.9. The minimum absolute atomic E-state index is 0.0108. The molecule has 0 bridgehead atoms. The van der Waals surface area contributed by atoms with Crippen LogP contribution in [-0.4, -0.2) is 39.9 Å². The van der Waals surface area contributed by atoms with E-state index in [1.165, 1.54) is 5.56 Å². The molecule has 4 rings (SSSR count). The van der Waals surface area contributed by atoms with Gasteiger partial charge in [0.1, 0.15) is 0 Å². The first-order valence-corrected chi connectivity index (χ1v) is 10.1. The highest BCUT2D eigenvalue weighted by Crippen LogP contribution is 2.25. The third kappa shape index (κ3) is 3.94. The van der Waals surface area contributed by atoms with Crippen molar-refractivity contribution in [2.75, 3.05) is 19.6 Å². The number of nitrogens with one attached hydrogen (secondary N) is 1. The quantitative estimate of drug-likeness (QED) is 0.662. The van der Waals surface area contributed by atoms with E-state index >= 15 is 0 Å². The maximum Gasteiger partial charge on any atom is 0.326 e. The van der Waals surface area contributed by atoms with Crippen LogP contribution in [0.5, 0.6) is 0 Å². The summed E-state index contributed by atoms with van der Waals surface area (Å²) in [6.45, 7) is 4.90. The Morgan fingerprint density at radius 1 is 1.07 bits per heavy atom. The number of hydrogen-bond donors (Lipinski definition) is 1. The molecule has 1 saturated heterocycles. The fourth-order valence-electron chi connectivity index (χ4n) is 4.18. The van der Waals surface area contributed by atoms with Crippen LogP contribution in [0.1, 0.15) is 47.6 Å². The van der Waals surface area contributed by atoms with E-state index in [-0.39, 0.29) is 17.5 Å². The minimum Gasteiger partial charge on any atom is -0.306 e. The number of aryl methyl sites for hydroxylation is 1. The number of aromatic amines is 1. The summed E-state index contributed by atoms with van der Waals surface area (Å²) in [5.74, 6) is 0.222. The summed E-state index contributed by atoms with van der Waals surface area (Å²) in [5.41, 5.74) is 3.87. The number of Topliss-reactive ketones (excluding diaryl/α,β-unsaturated/α-hetero) is 1. The molecule has 0 amide bonds. The first-order valence-electron chi connectivity index (χ1n) is 10.1. The average molecular weight is 377 g/mol. The number of likely N-dealkylation sites (tertiary alicyclic amines) is 1. The van der Waals surface area contributed by atoms with Crippen molar-refractivity contribution < 1.29 is 4.79 Å².